The summed E-state index contributed by atoms with van der Waals surface area (Å²) in [6, 6.07) is 9.68. The van der Waals surface area contributed by atoms with E-state index in [0.29, 0.717) is 24.6 Å². The van der Waals surface area contributed by atoms with Crippen LogP contribution in [0, 0.1) is 11.3 Å². The minimum atomic E-state index is -0.126. The Kier molecular flexibility index (Phi) is 3.94. The highest BCUT2D eigenvalue weighted by Crippen LogP contribution is 2.23. The van der Waals surface area contributed by atoms with Crippen LogP contribution >= 0.6 is 0 Å². The van der Waals surface area contributed by atoms with Crippen molar-refractivity contribution in [3.05, 3.63) is 47.3 Å². The lowest BCUT2D eigenvalue weighted by molar-refractivity contribution is 0.0760. The maximum atomic E-state index is 12.6. The molecule has 0 aliphatic carbocycles. The van der Waals surface area contributed by atoms with Crippen molar-refractivity contribution < 1.29 is 4.79 Å². The summed E-state index contributed by atoms with van der Waals surface area (Å²) in [4.78, 5) is 18.7. The fourth-order valence-corrected chi connectivity index (χ4v) is 3.16. The highest BCUT2D eigenvalue weighted by molar-refractivity contribution is 5.91. The molecule has 0 spiro atoms. The van der Waals surface area contributed by atoms with Crippen molar-refractivity contribution in [3.8, 4) is 6.07 Å². The van der Waals surface area contributed by atoms with Crippen LogP contribution in [0.1, 0.15) is 34.6 Å². The SMILES string of the molecule is N#Cc1ccc(C2=CCN(C(=O)c3nc4n(n3)CCCN4)CC2)cc1. The predicted octanol–water partition coefficient (Wildman–Crippen LogP) is 1.89. The zero-order valence-corrected chi connectivity index (χ0v) is 13.8. The first-order chi connectivity index (χ1) is 12.2. The number of hydrogen-bond acceptors (Lipinski definition) is 5. The van der Waals surface area contributed by atoms with Crippen LogP contribution in [0.2, 0.25) is 0 Å². The van der Waals surface area contributed by atoms with E-state index in [4.69, 9.17) is 5.26 Å². The number of anilines is 1. The van der Waals surface area contributed by atoms with Gasteiger partial charge in [-0.2, -0.15) is 10.2 Å². The number of fused-ring (bicyclic) bond motifs is 1. The van der Waals surface area contributed by atoms with E-state index in [9.17, 15) is 4.79 Å². The van der Waals surface area contributed by atoms with Crippen molar-refractivity contribution in [1.29, 1.82) is 5.26 Å². The van der Waals surface area contributed by atoms with E-state index < -0.39 is 0 Å². The molecule has 0 radical (unpaired) electrons. The lowest BCUT2D eigenvalue weighted by Gasteiger charge is -2.25. The van der Waals surface area contributed by atoms with Crippen LogP contribution in [0.5, 0.6) is 0 Å². The first-order valence-electron chi connectivity index (χ1n) is 8.42. The molecule has 1 N–H and O–H groups in total. The highest BCUT2D eigenvalue weighted by Gasteiger charge is 2.24. The van der Waals surface area contributed by atoms with Gasteiger partial charge in [-0.15, -0.1) is 5.10 Å². The van der Waals surface area contributed by atoms with Gasteiger partial charge in [0.2, 0.25) is 11.8 Å². The molecule has 1 aromatic carbocycles. The zero-order valence-electron chi connectivity index (χ0n) is 13.8. The third kappa shape index (κ3) is 2.98. The maximum absolute atomic E-state index is 12.6. The minimum absolute atomic E-state index is 0.126. The molecule has 126 valence electrons. The van der Waals surface area contributed by atoms with Gasteiger partial charge in [-0.3, -0.25) is 4.79 Å². The summed E-state index contributed by atoms with van der Waals surface area (Å²) in [7, 11) is 0. The monoisotopic (exact) mass is 334 g/mol. The van der Waals surface area contributed by atoms with Crippen molar-refractivity contribution in [3.63, 3.8) is 0 Å². The Labute approximate surface area is 145 Å². The number of carbonyl (C=O) groups is 1. The van der Waals surface area contributed by atoms with Crippen molar-refractivity contribution in [2.75, 3.05) is 25.0 Å². The smallest absolute Gasteiger partial charge is 0.293 e. The molecule has 0 unspecified atom stereocenters. The van der Waals surface area contributed by atoms with Gasteiger partial charge < -0.3 is 10.2 Å². The fraction of sp³-hybridized carbons (Fsp3) is 0.333. The van der Waals surface area contributed by atoms with Crippen LogP contribution in [0.15, 0.2) is 30.3 Å². The van der Waals surface area contributed by atoms with Gasteiger partial charge in [0.15, 0.2) is 0 Å². The van der Waals surface area contributed by atoms with Gasteiger partial charge in [-0.25, -0.2) is 4.68 Å². The van der Waals surface area contributed by atoms with Gasteiger partial charge in [-0.05, 0) is 36.1 Å². The number of carbonyl (C=O) groups excluding carboxylic acids is 1. The van der Waals surface area contributed by atoms with Crippen molar-refractivity contribution in [1.82, 2.24) is 19.7 Å². The summed E-state index contributed by atoms with van der Waals surface area (Å²) >= 11 is 0. The number of rotatable bonds is 2. The van der Waals surface area contributed by atoms with Crippen molar-refractivity contribution in [2.24, 2.45) is 0 Å². The third-order valence-corrected chi connectivity index (χ3v) is 4.57. The molecule has 0 bridgehead atoms. The number of aromatic nitrogens is 3. The molecule has 0 fully saturated rings. The minimum Gasteiger partial charge on any atom is -0.354 e. The largest absolute Gasteiger partial charge is 0.354 e. The Morgan fingerprint density at radius 1 is 1.24 bits per heavy atom. The van der Waals surface area contributed by atoms with Crippen LogP contribution in [0.25, 0.3) is 5.57 Å². The average molecular weight is 334 g/mol. The molecule has 25 heavy (non-hydrogen) atoms. The predicted molar refractivity (Wildman–Crippen MR) is 92.8 cm³/mol. The second-order valence-electron chi connectivity index (χ2n) is 6.18. The van der Waals surface area contributed by atoms with E-state index in [1.807, 2.05) is 24.3 Å². The van der Waals surface area contributed by atoms with E-state index in [0.717, 1.165) is 31.5 Å². The quantitative estimate of drug-likeness (QED) is 0.906. The molecule has 2 aliphatic rings. The molecule has 0 saturated carbocycles. The van der Waals surface area contributed by atoms with Crippen molar-refractivity contribution >= 4 is 17.4 Å². The zero-order chi connectivity index (χ0) is 17.2. The van der Waals surface area contributed by atoms with E-state index in [1.165, 1.54) is 5.57 Å². The van der Waals surface area contributed by atoms with Crippen LogP contribution in [-0.4, -0.2) is 45.2 Å². The molecular formula is C18H18N6O. The van der Waals surface area contributed by atoms with Gasteiger partial charge in [0.1, 0.15) is 0 Å². The summed E-state index contributed by atoms with van der Waals surface area (Å²) in [6.45, 7) is 2.85. The van der Waals surface area contributed by atoms with Gasteiger partial charge in [0.25, 0.3) is 5.91 Å². The molecular weight excluding hydrogens is 316 g/mol. The Hall–Kier alpha value is -3.14. The average Bonchev–Trinajstić information content (AvgIpc) is 3.12. The summed E-state index contributed by atoms with van der Waals surface area (Å²) in [5, 5.41) is 16.4. The van der Waals surface area contributed by atoms with Gasteiger partial charge >= 0.3 is 0 Å². The standard InChI is InChI=1S/C18H18N6O/c19-12-13-2-4-14(5-3-13)15-6-10-23(11-7-15)17(25)16-21-18-20-8-1-9-24(18)22-16/h2-6H,1,7-11H2,(H,20,21,22). The van der Waals surface area contributed by atoms with Gasteiger partial charge in [-0.1, -0.05) is 18.2 Å². The van der Waals surface area contributed by atoms with Crippen LogP contribution in [-0.2, 0) is 6.54 Å². The molecule has 7 heteroatoms. The van der Waals surface area contributed by atoms with Crippen LogP contribution in [0.4, 0.5) is 5.95 Å². The van der Waals surface area contributed by atoms with Gasteiger partial charge in [0, 0.05) is 26.2 Å². The normalized spacial score (nSPS) is 16.4. The lowest BCUT2D eigenvalue weighted by Crippen LogP contribution is -2.35. The highest BCUT2D eigenvalue weighted by atomic mass is 16.2. The number of nitrogens with zero attached hydrogens (tertiary/aromatic N) is 5. The Morgan fingerprint density at radius 2 is 2.08 bits per heavy atom. The summed E-state index contributed by atoms with van der Waals surface area (Å²) in [6.07, 6.45) is 3.84. The Balaban J connectivity index is 1.47. The number of aryl methyl sites for hydroxylation is 1. The number of amides is 1. The number of hydrogen-bond donors (Lipinski definition) is 1. The summed E-state index contributed by atoms with van der Waals surface area (Å²) in [5.74, 6) is 0.818. The Bertz CT molecular complexity index is 850. The number of nitrogens with one attached hydrogen (secondary N) is 1. The summed E-state index contributed by atoms with van der Waals surface area (Å²) in [5.41, 5.74) is 2.96. The molecule has 1 amide bonds. The molecule has 0 saturated heterocycles. The summed E-state index contributed by atoms with van der Waals surface area (Å²) < 4.78 is 1.76. The first-order valence-corrected chi connectivity index (χ1v) is 8.42. The van der Waals surface area contributed by atoms with Gasteiger partial charge in [0.05, 0.1) is 11.6 Å². The molecule has 1 aromatic heterocycles. The molecule has 7 nitrogen and oxygen atoms in total. The number of nitriles is 1. The molecule has 2 aromatic rings. The molecule has 3 heterocycles. The van der Waals surface area contributed by atoms with Crippen LogP contribution < -0.4 is 5.32 Å². The van der Waals surface area contributed by atoms with Crippen LogP contribution in [0.3, 0.4) is 0 Å². The first kappa shape index (κ1) is 15.4. The number of benzene rings is 1. The van der Waals surface area contributed by atoms with E-state index in [-0.39, 0.29) is 11.7 Å². The molecule has 0 atom stereocenters. The molecule has 4 rings (SSSR count). The van der Waals surface area contributed by atoms with E-state index in [2.05, 4.69) is 27.5 Å². The Morgan fingerprint density at radius 3 is 2.76 bits per heavy atom. The second kappa shape index (κ2) is 6.40. The van der Waals surface area contributed by atoms with E-state index in [1.54, 1.807) is 9.58 Å². The maximum Gasteiger partial charge on any atom is 0.293 e. The fourth-order valence-electron chi connectivity index (χ4n) is 3.16. The lowest BCUT2D eigenvalue weighted by atomic mass is 9.98. The second-order valence-corrected chi connectivity index (χ2v) is 6.18. The van der Waals surface area contributed by atoms with E-state index >= 15 is 0 Å². The topological polar surface area (TPSA) is 86.8 Å². The molecule has 2 aliphatic heterocycles. The van der Waals surface area contributed by atoms with Crippen molar-refractivity contribution in [2.45, 2.75) is 19.4 Å². The third-order valence-electron chi connectivity index (χ3n) is 4.57.